The Hall–Kier alpha value is -2.37. The van der Waals surface area contributed by atoms with Crippen LogP contribution in [0.3, 0.4) is 0 Å². The lowest BCUT2D eigenvalue weighted by molar-refractivity contribution is -0.131. The largest absolute Gasteiger partial charge is 0.343 e. The van der Waals surface area contributed by atoms with E-state index in [9.17, 15) is 9.59 Å². The molecule has 2 amide bonds. The summed E-state index contributed by atoms with van der Waals surface area (Å²) in [6.07, 6.45) is 0. The van der Waals surface area contributed by atoms with Crippen LogP contribution in [0.15, 0.2) is 54.6 Å². The van der Waals surface area contributed by atoms with Crippen molar-refractivity contribution in [2.75, 3.05) is 32.7 Å². The van der Waals surface area contributed by atoms with E-state index in [0.29, 0.717) is 23.7 Å². The van der Waals surface area contributed by atoms with E-state index in [4.69, 9.17) is 11.6 Å². The highest BCUT2D eigenvalue weighted by Crippen LogP contribution is 2.11. The number of carbonyl (C=O) groups excluding carboxylic acids is 2. The van der Waals surface area contributed by atoms with E-state index < -0.39 is 0 Å². The fourth-order valence-electron chi connectivity index (χ4n) is 3.00. The maximum atomic E-state index is 12.3. The number of piperazine rings is 1. The van der Waals surface area contributed by atoms with Crippen LogP contribution < -0.4 is 5.32 Å². The van der Waals surface area contributed by atoms with Crippen LogP contribution in [0.5, 0.6) is 0 Å². The summed E-state index contributed by atoms with van der Waals surface area (Å²) in [4.78, 5) is 28.6. The van der Waals surface area contributed by atoms with Crippen molar-refractivity contribution in [2.24, 2.45) is 0 Å². The molecule has 0 bridgehead atoms. The van der Waals surface area contributed by atoms with E-state index in [0.717, 1.165) is 19.6 Å². The summed E-state index contributed by atoms with van der Waals surface area (Å²) in [6, 6.07) is 17.0. The molecule has 0 aromatic heterocycles. The number of carbonyl (C=O) groups is 2. The van der Waals surface area contributed by atoms with Gasteiger partial charge in [0.25, 0.3) is 5.91 Å². The van der Waals surface area contributed by atoms with Crippen LogP contribution >= 0.6 is 11.6 Å². The van der Waals surface area contributed by atoms with Crippen molar-refractivity contribution in [3.05, 3.63) is 70.7 Å². The second kappa shape index (κ2) is 8.83. The highest BCUT2D eigenvalue weighted by atomic mass is 35.5. The molecule has 2 aromatic rings. The van der Waals surface area contributed by atoms with E-state index in [2.05, 4.69) is 22.3 Å². The Morgan fingerprint density at radius 2 is 1.69 bits per heavy atom. The van der Waals surface area contributed by atoms with Crippen LogP contribution in [0.1, 0.15) is 15.9 Å². The Labute approximate surface area is 158 Å². The molecule has 0 aliphatic carbocycles. The van der Waals surface area contributed by atoms with Crippen LogP contribution in [0.25, 0.3) is 0 Å². The summed E-state index contributed by atoms with van der Waals surface area (Å²) in [5.74, 6) is -0.344. The molecule has 5 nitrogen and oxygen atoms in total. The van der Waals surface area contributed by atoms with Gasteiger partial charge in [-0.2, -0.15) is 0 Å². The fraction of sp³-hybridized carbons (Fsp3) is 0.300. The first kappa shape index (κ1) is 18.4. The summed E-state index contributed by atoms with van der Waals surface area (Å²) in [7, 11) is 0. The molecule has 0 spiro atoms. The predicted molar refractivity (Wildman–Crippen MR) is 102 cm³/mol. The summed E-state index contributed by atoms with van der Waals surface area (Å²) >= 11 is 5.89. The van der Waals surface area contributed by atoms with Gasteiger partial charge in [-0.25, -0.2) is 0 Å². The number of nitrogens with one attached hydrogen (secondary N) is 1. The highest BCUT2D eigenvalue weighted by Gasteiger charge is 2.21. The van der Waals surface area contributed by atoms with Gasteiger partial charge in [-0.15, -0.1) is 0 Å². The first-order valence-electron chi connectivity index (χ1n) is 8.69. The number of benzene rings is 2. The Kier molecular flexibility index (Phi) is 6.26. The first-order valence-corrected chi connectivity index (χ1v) is 9.07. The average Bonchev–Trinajstić information content (AvgIpc) is 2.67. The molecule has 1 fully saturated rings. The average molecular weight is 372 g/mol. The van der Waals surface area contributed by atoms with Crippen molar-refractivity contribution in [3.63, 3.8) is 0 Å². The van der Waals surface area contributed by atoms with Crippen molar-refractivity contribution in [1.82, 2.24) is 15.1 Å². The standard InChI is InChI=1S/C20H22ClN3O2/c21-18-8-4-7-17(13-18)20(26)22-14-19(25)24-11-9-23(10-12-24)15-16-5-2-1-3-6-16/h1-8,13H,9-12,14-15H2,(H,22,26). The third-order valence-corrected chi connectivity index (χ3v) is 4.70. The van der Waals surface area contributed by atoms with Crippen LogP contribution in [0, 0.1) is 0 Å². The molecule has 1 aliphatic rings. The zero-order valence-corrected chi connectivity index (χ0v) is 15.3. The third-order valence-electron chi connectivity index (χ3n) is 4.46. The quantitative estimate of drug-likeness (QED) is 0.878. The van der Waals surface area contributed by atoms with Crippen molar-refractivity contribution in [3.8, 4) is 0 Å². The molecule has 2 aromatic carbocycles. The van der Waals surface area contributed by atoms with Gasteiger partial charge >= 0.3 is 0 Å². The molecule has 1 saturated heterocycles. The molecule has 136 valence electrons. The van der Waals surface area contributed by atoms with E-state index >= 15 is 0 Å². The van der Waals surface area contributed by atoms with Crippen LogP contribution in [0.4, 0.5) is 0 Å². The van der Waals surface area contributed by atoms with Crippen molar-refractivity contribution < 1.29 is 9.59 Å². The summed E-state index contributed by atoms with van der Waals surface area (Å²) in [6.45, 7) is 3.93. The smallest absolute Gasteiger partial charge is 0.251 e. The van der Waals surface area contributed by atoms with Crippen molar-refractivity contribution in [2.45, 2.75) is 6.54 Å². The van der Waals surface area contributed by atoms with Gasteiger partial charge in [0.2, 0.25) is 5.91 Å². The minimum absolute atomic E-state index is 0.00400. The van der Waals surface area contributed by atoms with Gasteiger partial charge in [0, 0.05) is 43.3 Å². The first-order chi connectivity index (χ1) is 12.6. The van der Waals surface area contributed by atoms with Crippen molar-refractivity contribution in [1.29, 1.82) is 0 Å². The Morgan fingerprint density at radius 1 is 0.962 bits per heavy atom. The molecule has 0 atom stereocenters. The zero-order chi connectivity index (χ0) is 18.4. The number of nitrogens with zero attached hydrogens (tertiary/aromatic N) is 2. The van der Waals surface area contributed by atoms with Gasteiger partial charge in [-0.1, -0.05) is 48.0 Å². The lowest BCUT2D eigenvalue weighted by Crippen LogP contribution is -2.50. The highest BCUT2D eigenvalue weighted by molar-refractivity contribution is 6.30. The van der Waals surface area contributed by atoms with Gasteiger partial charge < -0.3 is 10.2 Å². The predicted octanol–water partition coefficient (Wildman–Crippen LogP) is 2.41. The van der Waals surface area contributed by atoms with Gasteiger partial charge in [0.05, 0.1) is 6.54 Å². The topological polar surface area (TPSA) is 52.7 Å². The van der Waals surface area contributed by atoms with Crippen molar-refractivity contribution >= 4 is 23.4 Å². The van der Waals surface area contributed by atoms with Crippen LogP contribution in [-0.2, 0) is 11.3 Å². The Balaban J connectivity index is 1.43. The monoisotopic (exact) mass is 371 g/mol. The number of halogens is 1. The molecule has 1 N–H and O–H groups in total. The second-order valence-electron chi connectivity index (χ2n) is 6.34. The minimum Gasteiger partial charge on any atom is -0.343 e. The van der Waals surface area contributed by atoms with Gasteiger partial charge in [-0.3, -0.25) is 14.5 Å². The number of hydrogen-bond donors (Lipinski definition) is 1. The van der Waals surface area contributed by atoms with Gasteiger partial charge in [0.15, 0.2) is 0 Å². The van der Waals surface area contributed by atoms with E-state index in [1.807, 2.05) is 18.2 Å². The Bertz CT molecular complexity index is 759. The van der Waals surface area contributed by atoms with E-state index in [-0.39, 0.29) is 18.4 Å². The summed E-state index contributed by atoms with van der Waals surface area (Å²) < 4.78 is 0. The number of amides is 2. The summed E-state index contributed by atoms with van der Waals surface area (Å²) in [5.41, 5.74) is 1.74. The van der Waals surface area contributed by atoms with E-state index in [1.165, 1.54) is 5.56 Å². The van der Waals surface area contributed by atoms with Crippen LogP contribution in [0.2, 0.25) is 5.02 Å². The molecular weight excluding hydrogens is 350 g/mol. The molecule has 1 aliphatic heterocycles. The van der Waals surface area contributed by atoms with Gasteiger partial charge in [-0.05, 0) is 23.8 Å². The normalized spacial score (nSPS) is 14.9. The van der Waals surface area contributed by atoms with Gasteiger partial charge in [0.1, 0.15) is 0 Å². The lowest BCUT2D eigenvalue weighted by atomic mass is 10.2. The maximum Gasteiger partial charge on any atom is 0.251 e. The lowest BCUT2D eigenvalue weighted by Gasteiger charge is -2.34. The molecule has 26 heavy (non-hydrogen) atoms. The molecule has 0 radical (unpaired) electrons. The number of rotatable bonds is 5. The molecule has 0 saturated carbocycles. The van der Waals surface area contributed by atoms with Crippen LogP contribution in [-0.4, -0.2) is 54.3 Å². The Morgan fingerprint density at radius 3 is 2.38 bits per heavy atom. The fourth-order valence-corrected chi connectivity index (χ4v) is 3.19. The molecule has 6 heteroatoms. The second-order valence-corrected chi connectivity index (χ2v) is 6.77. The maximum absolute atomic E-state index is 12.3. The molecule has 0 unspecified atom stereocenters. The molecular formula is C20H22ClN3O2. The summed E-state index contributed by atoms with van der Waals surface area (Å²) in [5, 5.41) is 3.17. The minimum atomic E-state index is -0.288. The zero-order valence-electron chi connectivity index (χ0n) is 14.5. The third kappa shape index (κ3) is 5.07. The molecule has 3 rings (SSSR count). The molecule has 1 heterocycles. The van der Waals surface area contributed by atoms with E-state index in [1.54, 1.807) is 29.2 Å². The number of hydrogen-bond acceptors (Lipinski definition) is 3. The SMILES string of the molecule is O=C(NCC(=O)N1CCN(Cc2ccccc2)CC1)c1cccc(Cl)c1.